The number of nitrogens with zero attached hydrogens (tertiary/aromatic N) is 4. The average Bonchev–Trinajstić information content (AvgIpc) is 3.08. The minimum Gasteiger partial charge on any atom is -0.311 e. The van der Waals surface area contributed by atoms with E-state index >= 15 is 0 Å². The molecule has 5 nitrogen and oxygen atoms in total. The first-order valence-corrected chi connectivity index (χ1v) is 10.6. The highest BCUT2D eigenvalue weighted by Gasteiger charge is 2.29. The molecule has 154 valence electrons. The fraction of sp³-hybridized carbons (Fsp3) is 0.375. The second-order valence-electron chi connectivity index (χ2n) is 8.62. The second-order valence-corrected chi connectivity index (χ2v) is 8.62. The molecule has 5 rings (SSSR count). The zero-order valence-corrected chi connectivity index (χ0v) is 17.5. The molecule has 0 saturated heterocycles. The predicted molar refractivity (Wildman–Crippen MR) is 116 cm³/mol. The number of hydrogen-bond donors (Lipinski definition) is 0. The predicted octanol–water partition coefficient (Wildman–Crippen LogP) is 5.16. The van der Waals surface area contributed by atoms with Crippen LogP contribution < -0.4 is 5.56 Å². The van der Waals surface area contributed by atoms with Gasteiger partial charge in [-0.15, -0.1) is 0 Å². The zero-order chi connectivity index (χ0) is 21.0. The van der Waals surface area contributed by atoms with Crippen molar-refractivity contribution in [2.45, 2.75) is 46.1 Å². The molecule has 0 amide bonds. The van der Waals surface area contributed by atoms with E-state index in [4.69, 9.17) is 0 Å². The largest absolute Gasteiger partial charge is 0.311 e. The zero-order valence-electron chi connectivity index (χ0n) is 17.5. The van der Waals surface area contributed by atoms with Crippen molar-refractivity contribution in [3.63, 3.8) is 0 Å². The number of aryl methyl sites for hydroxylation is 1. The molecule has 1 aliphatic rings. The van der Waals surface area contributed by atoms with E-state index in [1.807, 2.05) is 23.8 Å². The molecule has 0 radical (unpaired) electrons. The summed E-state index contributed by atoms with van der Waals surface area (Å²) in [6.07, 6.45) is 6.98. The van der Waals surface area contributed by atoms with Gasteiger partial charge < -0.3 is 4.57 Å². The van der Waals surface area contributed by atoms with E-state index in [0.717, 1.165) is 35.2 Å². The Bertz CT molecular complexity index is 1310. The number of fused-ring (bicyclic) bond motifs is 3. The lowest BCUT2D eigenvalue weighted by Crippen LogP contribution is -2.33. The van der Waals surface area contributed by atoms with Crippen LogP contribution in [0.5, 0.6) is 0 Å². The van der Waals surface area contributed by atoms with Gasteiger partial charge in [0.05, 0.1) is 16.6 Å². The normalized spacial score (nSPS) is 22.1. The Kier molecular flexibility index (Phi) is 4.45. The van der Waals surface area contributed by atoms with Crippen LogP contribution in [0.2, 0.25) is 0 Å². The van der Waals surface area contributed by atoms with E-state index in [1.165, 1.54) is 18.6 Å². The summed E-state index contributed by atoms with van der Waals surface area (Å²) in [6.45, 7) is 6.43. The van der Waals surface area contributed by atoms with Crippen molar-refractivity contribution in [2.75, 3.05) is 0 Å². The van der Waals surface area contributed by atoms with Gasteiger partial charge in [0.2, 0.25) is 0 Å². The van der Waals surface area contributed by atoms with Crippen LogP contribution in [0.25, 0.3) is 27.7 Å². The molecule has 30 heavy (non-hydrogen) atoms. The lowest BCUT2D eigenvalue weighted by Gasteiger charge is -2.35. The summed E-state index contributed by atoms with van der Waals surface area (Å²) >= 11 is 0. The molecule has 0 aliphatic heterocycles. The summed E-state index contributed by atoms with van der Waals surface area (Å²) in [7, 11) is 0. The molecule has 6 heteroatoms. The van der Waals surface area contributed by atoms with Crippen LogP contribution in [-0.4, -0.2) is 19.2 Å². The summed E-state index contributed by atoms with van der Waals surface area (Å²) in [4.78, 5) is 18.0. The number of pyridine rings is 1. The molecule has 0 bridgehead atoms. The minimum absolute atomic E-state index is 0.00987. The Labute approximate surface area is 174 Å². The van der Waals surface area contributed by atoms with Crippen LogP contribution in [0.4, 0.5) is 4.39 Å². The third-order valence-electron chi connectivity index (χ3n) is 6.87. The fourth-order valence-corrected chi connectivity index (χ4v) is 4.95. The molecule has 3 heterocycles. The minimum atomic E-state index is -0.280. The maximum Gasteiger partial charge on any atom is 0.261 e. The van der Waals surface area contributed by atoms with Gasteiger partial charge in [-0.2, -0.15) is 5.10 Å². The first kappa shape index (κ1) is 19.0. The van der Waals surface area contributed by atoms with E-state index < -0.39 is 0 Å². The van der Waals surface area contributed by atoms with E-state index in [1.54, 1.807) is 22.8 Å². The maximum atomic E-state index is 13.4. The van der Waals surface area contributed by atoms with Crippen molar-refractivity contribution in [2.24, 2.45) is 11.8 Å². The van der Waals surface area contributed by atoms with Crippen molar-refractivity contribution in [1.29, 1.82) is 0 Å². The van der Waals surface area contributed by atoms with Gasteiger partial charge in [0.25, 0.3) is 5.56 Å². The summed E-state index contributed by atoms with van der Waals surface area (Å²) in [5.41, 5.74) is 3.91. The standard InChI is InChI=1S/C24H25FN4O/c1-14-5-4-6-20(15(14)2)28-12-11-21-19(24(28)30)13-26-23-22(16(3)27-29(21)23)17-7-9-18(25)10-8-17/h7-15,20H,4-6H2,1-3H3/t14-,15-,20-/m1/s1. The van der Waals surface area contributed by atoms with Gasteiger partial charge in [-0.05, 0) is 48.9 Å². The van der Waals surface area contributed by atoms with Gasteiger partial charge in [-0.25, -0.2) is 13.9 Å². The highest BCUT2D eigenvalue weighted by Crippen LogP contribution is 2.37. The highest BCUT2D eigenvalue weighted by atomic mass is 19.1. The monoisotopic (exact) mass is 404 g/mol. The highest BCUT2D eigenvalue weighted by molar-refractivity contribution is 5.86. The van der Waals surface area contributed by atoms with Gasteiger partial charge in [0.15, 0.2) is 5.65 Å². The smallest absolute Gasteiger partial charge is 0.261 e. The Morgan fingerprint density at radius 3 is 2.63 bits per heavy atom. The van der Waals surface area contributed by atoms with E-state index in [0.29, 0.717) is 22.9 Å². The third kappa shape index (κ3) is 2.85. The molecule has 3 atom stereocenters. The van der Waals surface area contributed by atoms with Crippen molar-refractivity contribution < 1.29 is 4.39 Å². The quantitative estimate of drug-likeness (QED) is 0.464. The molecule has 0 spiro atoms. The van der Waals surface area contributed by atoms with E-state index in [2.05, 4.69) is 23.9 Å². The van der Waals surface area contributed by atoms with Crippen LogP contribution in [0.1, 0.15) is 44.8 Å². The van der Waals surface area contributed by atoms with Gasteiger partial charge in [0.1, 0.15) is 5.82 Å². The third-order valence-corrected chi connectivity index (χ3v) is 6.87. The lowest BCUT2D eigenvalue weighted by atomic mass is 9.78. The van der Waals surface area contributed by atoms with Crippen molar-refractivity contribution in [3.8, 4) is 11.1 Å². The Hall–Kier alpha value is -3.02. The molecule has 1 saturated carbocycles. The molecule has 3 aromatic heterocycles. The number of rotatable bonds is 2. The van der Waals surface area contributed by atoms with E-state index in [9.17, 15) is 9.18 Å². The first-order chi connectivity index (χ1) is 14.5. The SMILES string of the molecule is Cc1nn2c(ncc3c(=O)n([C@@H]4CCC[C@@H](C)[C@H]4C)ccc32)c1-c1ccc(F)cc1. The molecule has 4 aromatic rings. The number of halogens is 1. The van der Waals surface area contributed by atoms with Gasteiger partial charge in [-0.1, -0.05) is 38.8 Å². The second kappa shape index (κ2) is 7.04. The van der Waals surface area contributed by atoms with Gasteiger partial charge in [-0.3, -0.25) is 4.79 Å². The summed E-state index contributed by atoms with van der Waals surface area (Å²) in [5, 5.41) is 5.24. The molecule has 1 fully saturated rings. The number of benzene rings is 1. The van der Waals surface area contributed by atoms with Gasteiger partial charge >= 0.3 is 0 Å². The first-order valence-electron chi connectivity index (χ1n) is 10.6. The average molecular weight is 404 g/mol. The molecule has 0 unspecified atom stereocenters. The van der Waals surface area contributed by atoms with Crippen LogP contribution in [0.15, 0.2) is 47.5 Å². The molecule has 1 aromatic carbocycles. The Balaban J connectivity index is 1.68. The molecular formula is C24H25FN4O. The lowest BCUT2D eigenvalue weighted by molar-refractivity contribution is 0.183. The Morgan fingerprint density at radius 2 is 1.87 bits per heavy atom. The fourth-order valence-electron chi connectivity index (χ4n) is 4.95. The molecular weight excluding hydrogens is 379 g/mol. The van der Waals surface area contributed by atoms with Crippen molar-refractivity contribution in [3.05, 3.63) is 64.6 Å². The summed E-state index contributed by atoms with van der Waals surface area (Å²) < 4.78 is 17.0. The van der Waals surface area contributed by atoms with Crippen LogP contribution in [-0.2, 0) is 0 Å². The van der Waals surface area contributed by atoms with Crippen LogP contribution >= 0.6 is 0 Å². The van der Waals surface area contributed by atoms with Crippen molar-refractivity contribution in [1.82, 2.24) is 19.2 Å². The Morgan fingerprint density at radius 1 is 1.10 bits per heavy atom. The maximum absolute atomic E-state index is 13.4. The number of hydrogen-bond acceptors (Lipinski definition) is 3. The molecule has 0 N–H and O–H groups in total. The van der Waals surface area contributed by atoms with Crippen molar-refractivity contribution >= 4 is 16.6 Å². The molecule has 1 aliphatic carbocycles. The van der Waals surface area contributed by atoms with E-state index in [-0.39, 0.29) is 17.4 Å². The van der Waals surface area contributed by atoms with Gasteiger partial charge in [0, 0.05) is 24.0 Å². The summed E-state index contributed by atoms with van der Waals surface area (Å²) in [5.74, 6) is 0.791. The van der Waals surface area contributed by atoms with Crippen LogP contribution in [0, 0.1) is 24.6 Å². The topological polar surface area (TPSA) is 52.2 Å². The van der Waals surface area contributed by atoms with Crippen LogP contribution in [0.3, 0.4) is 0 Å². The number of aromatic nitrogens is 4. The summed E-state index contributed by atoms with van der Waals surface area (Å²) in [6, 6.07) is 8.52.